The minimum absolute atomic E-state index is 0.287. The monoisotopic (exact) mass is 256 g/mol. The van der Waals surface area contributed by atoms with Crippen LogP contribution < -0.4 is 4.74 Å². The van der Waals surface area contributed by atoms with Crippen LogP contribution in [0.1, 0.15) is 44.7 Å². The number of aromatic nitrogens is 2. The molecule has 96 valence electrons. The van der Waals surface area contributed by atoms with Crippen molar-refractivity contribution in [1.29, 1.82) is 0 Å². The third-order valence-corrected chi connectivity index (χ3v) is 4.43. The summed E-state index contributed by atoms with van der Waals surface area (Å²) in [6, 6.07) is 0. The Hall–Kier alpha value is -0.700. The minimum atomic E-state index is 0.287. The highest BCUT2D eigenvalue weighted by molar-refractivity contribution is 6.21. The number of alkyl halides is 1. The van der Waals surface area contributed by atoms with Crippen LogP contribution in [0.3, 0.4) is 0 Å². The molecular formula is C13H21ClN2O. The van der Waals surface area contributed by atoms with Crippen LogP contribution in [0.2, 0.25) is 0 Å². The predicted molar refractivity (Wildman–Crippen MR) is 69.9 cm³/mol. The van der Waals surface area contributed by atoms with Gasteiger partial charge in [0.05, 0.1) is 19.0 Å². The van der Waals surface area contributed by atoms with Crippen LogP contribution in [0.5, 0.6) is 5.75 Å². The van der Waals surface area contributed by atoms with Crippen molar-refractivity contribution in [1.82, 2.24) is 9.78 Å². The standard InChI is InChI=1S/C13H21ClN2O/c1-4-7-16-13(12(17-3)8-15-16)10-5-6-11(14)9(10)2/h8-11H,4-7H2,1-3H3. The minimum Gasteiger partial charge on any atom is -0.493 e. The molecule has 0 radical (unpaired) electrons. The summed E-state index contributed by atoms with van der Waals surface area (Å²) in [5, 5.41) is 4.72. The molecule has 1 aliphatic carbocycles. The first-order valence-corrected chi connectivity index (χ1v) is 6.86. The number of nitrogens with zero attached hydrogens (tertiary/aromatic N) is 2. The number of methoxy groups -OCH3 is 1. The van der Waals surface area contributed by atoms with Gasteiger partial charge in [0, 0.05) is 17.8 Å². The highest BCUT2D eigenvalue weighted by Crippen LogP contribution is 2.44. The Bertz CT molecular complexity index is 377. The molecular weight excluding hydrogens is 236 g/mol. The lowest BCUT2D eigenvalue weighted by Crippen LogP contribution is -2.15. The summed E-state index contributed by atoms with van der Waals surface area (Å²) in [6.45, 7) is 5.35. The lowest BCUT2D eigenvalue weighted by Gasteiger charge is -2.19. The molecule has 0 amide bonds. The van der Waals surface area contributed by atoms with Crippen LogP contribution in [-0.2, 0) is 6.54 Å². The first-order chi connectivity index (χ1) is 8.19. The van der Waals surface area contributed by atoms with Gasteiger partial charge in [-0.2, -0.15) is 5.10 Å². The molecule has 3 unspecified atom stereocenters. The lowest BCUT2D eigenvalue weighted by atomic mass is 9.94. The van der Waals surface area contributed by atoms with E-state index in [1.807, 2.05) is 6.20 Å². The van der Waals surface area contributed by atoms with Crippen LogP contribution in [0.4, 0.5) is 0 Å². The van der Waals surface area contributed by atoms with Gasteiger partial charge in [-0.1, -0.05) is 13.8 Å². The van der Waals surface area contributed by atoms with E-state index in [2.05, 4.69) is 23.6 Å². The van der Waals surface area contributed by atoms with E-state index in [1.165, 1.54) is 5.69 Å². The van der Waals surface area contributed by atoms with Gasteiger partial charge < -0.3 is 4.74 Å². The third-order valence-electron chi connectivity index (χ3n) is 3.81. The molecule has 1 aromatic heterocycles. The fraction of sp³-hybridized carbons (Fsp3) is 0.769. The van der Waals surface area contributed by atoms with E-state index in [1.54, 1.807) is 7.11 Å². The van der Waals surface area contributed by atoms with Gasteiger partial charge in [0.25, 0.3) is 0 Å². The van der Waals surface area contributed by atoms with Crippen LogP contribution in [0, 0.1) is 5.92 Å². The largest absolute Gasteiger partial charge is 0.493 e. The fourth-order valence-corrected chi connectivity index (χ4v) is 3.10. The Balaban J connectivity index is 2.32. The third kappa shape index (κ3) is 2.30. The van der Waals surface area contributed by atoms with E-state index in [9.17, 15) is 0 Å². The summed E-state index contributed by atoms with van der Waals surface area (Å²) in [5.41, 5.74) is 1.24. The first-order valence-electron chi connectivity index (χ1n) is 6.42. The molecule has 0 aromatic carbocycles. The highest BCUT2D eigenvalue weighted by atomic mass is 35.5. The number of rotatable bonds is 4. The van der Waals surface area contributed by atoms with E-state index in [0.29, 0.717) is 11.8 Å². The van der Waals surface area contributed by atoms with Gasteiger partial charge in [0.1, 0.15) is 0 Å². The van der Waals surface area contributed by atoms with E-state index < -0.39 is 0 Å². The van der Waals surface area contributed by atoms with Gasteiger partial charge in [-0.3, -0.25) is 4.68 Å². The van der Waals surface area contributed by atoms with Crippen molar-refractivity contribution in [2.45, 2.75) is 50.9 Å². The van der Waals surface area contributed by atoms with Gasteiger partial charge in [0.15, 0.2) is 5.75 Å². The maximum absolute atomic E-state index is 6.33. The van der Waals surface area contributed by atoms with E-state index in [-0.39, 0.29) is 5.38 Å². The Morgan fingerprint density at radius 2 is 2.29 bits per heavy atom. The second kappa shape index (κ2) is 5.30. The number of hydrogen-bond acceptors (Lipinski definition) is 2. The van der Waals surface area contributed by atoms with Gasteiger partial charge in [-0.25, -0.2) is 0 Å². The van der Waals surface area contributed by atoms with Crippen molar-refractivity contribution < 1.29 is 4.74 Å². The van der Waals surface area contributed by atoms with Crippen molar-refractivity contribution >= 4 is 11.6 Å². The average Bonchev–Trinajstić information content (AvgIpc) is 2.85. The molecule has 3 atom stereocenters. The summed E-state index contributed by atoms with van der Waals surface area (Å²) in [4.78, 5) is 0. The van der Waals surface area contributed by atoms with Crippen molar-refractivity contribution in [3.8, 4) is 5.75 Å². The zero-order valence-corrected chi connectivity index (χ0v) is 11.6. The molecule has 4 heteroatoms. The predicted octanol–water partition coefficient (Wildman–Crippen LogP) is 3.42. The Morgan fingerprint density at radius 3 is 2.82 bits per heavy atom. The van der Waals surface area contributed by atoms with Gasteiger partial charge in [-0.15, -0.1) is 11.6 Å². The molecule has 2 rings (SSSR count). The van der Waals surface area contributed by atoms with Gasteiger partial charge in [0.2, 0.25) is 0 Å². The van der Waals surface area contributed by atoms with Crippen molar-refractivity contribution in [3.63, 3.8) is 0 Å². The molecule has 1 saturated carbocycles. The zero-order valence-electron chi connectivity index (χ0n) is 10.8. The number of hydrogen-bond donors (Lipinski definition) is 0. The van der Waals surface area contributed by atoms with Gasteiger partial charge >= 0.3 is 0 Å². The van der Waals surface area contributed by atoms with Crippen LogP contribution in [-0.4, -0.2) is 22.3 Å². The molecule has 1 heterocycles. The molecule has 1 fully saturated rings. The Kier molecular flexibility index (Phi) is 3.97. The second-order valence-electron chi connectivity index (χ2n) is 4.88. The van der Waals surface area contributed by atoms with E-state index >= 15 is 0 Å². The number of halogens is 1. The normalized spacial score (nSPS) is 28.6. The zero-order chi connectivity index (χ0) is 12.4. The molecule has 0 aliphatic heterocycles. The molecule has 3 nitrogen and oxygen atoms in total. The first kappa shape index (κ1) is 12.7. The van der Waals surface area contributed by atoms with Crippen molar-refractivity contribution in [2.24, 2.45) is 5.92 Å². The van der Waals surface area contributed by atoms with E-state index in [4.69, 9.17) is 16.3 Å². The molecule has 1 aliphatic rings. The van der Waals surface area contributed by atoms with Crippen molar-refractivity contribution in [2.75, 3.05) is 7.11 Å². The van der Waals surface area contributed by atoms with Gasteiger partial charge in [-0.05, 0) is 25.2 Å². The van der Waals surface area contributed by atoms with Crippen LogP contribution in [0.15, 0.2) is 6.20 Å². The summed E-state index contributed by atoms with van der Waals surface area (Å²) >= 11 is 6.33. The molecule has 0 bridgehead atoms. The maximum Gasteiger partial charge on any atom is 0.160 e. The maximum atomic E-state index is 6.33. The number of ether oxygens (including phenoxy) is 1. The molecule has 0 spiro atoms. The Morgan fingerprint density at radius 1 is 1.53 bits per heavy atom. The van der Waals surface area contributed by atoms with Crippen LogP contribution in [0.25, 0.3) is 0 Å². The molecule has 17 heavy (non-hydrogen) atoms. The fourth-order valence-electron chi connectivity index (χ4n) is 2.80. The number of aryl methyl sites for hydroxylation is 1. The van der Waals surface area contributed by atoms with Crippen LogP contribution >= 0.6 is 11.6 Å². The quantitative estimate of drug-likeness (QED) is 0.772. The summed E-state index contributed by atoms with van der Waals surface area (Å²) in [7, 11) is 1.72. The lowest BCUT2D eigenvalue weighted by molar-refractivity contribution is 0.390. The van der Waals surface area contributed by atoms with Crippen molar-refractivity contribution in [3.05, 3.63) is 11.9 Å². The summed E-state index contributed by atoms with van der Waals surface area (Å²) in [5.74, 6) is 1.90. The second-order valence-corrected chi connectivity index (χ2v) is 5.44. The summed E-state index contributed by atoms with van der Waals surface area (Å²) in [6.07, 6.45) is 5.15. The summed E-state index contributed by atoms with van der Waals surface area (Å²) < 4.78 is 7.53. The smallest absolute Gasteiger partial charge is 0.160 e. The highest BCUT2D eigenvalue weighted by Gasteiger charge is 2.36. The topological polar surface area (TPSA) is 27.1 Å². The molecule has 1 aromatic rings. The molecule has 0 N–H and O–H groups in total. The Labute approximate surface area is 108 Å². The SMILES string of the molecule is CCCn1ncc(OC)c1C1CCC(Cl)C1C. The molecule has 0 saturated heterocycles. The van der Waals surface area contributed by atoms with E-state index in [0.717, 1.165) is 31.6 Å². The average molecular weight is 257 g/mol.